The Morgan fingerprint density at radius 3 is 2.79 bits per heavy atom. The van der Waals surface area contributed by atoms with Crippen molar-refractivity contribution in [1.82, 2.24) is 5.32 Å². The van der Waals surface area contributed by atoms with Crippen LogP contribution in [-0.4, -0.2) is 31.2 Å². The van der Waals surface area contributed by atoms with Crippen molar-refractivity contribution in [3.8, 4) is 0 Å². The predicted molar refractivity (Wildman–Crippen MR) is 77.8 cm³/mol. The van der Waals surface area contributed by atoms with Crippen molar-refractivity contribution in [3.63, 3.8) is 0 Å². The number of benzene rings is 1. The van der Waals surface area contributed by atoms with Gasteiger partial charge in [0.15, 0.2) is 0 Å². The fourth-order valence-corrected chi connectivity index (χ4v) is 3.10. The average Bonchev–Trinajstić information content (AvgIpc) is 2.85. The smallest absolute Gasteiger partial charge is 0.322 e. The molecule has 1 aromatic carbocycles. The standard InChI is InChI=1S/C15H21N3O/c1-11(2)16-15(19)18-10-12-6-5-9-17(12)13-7-3-4-8-14(13)18/h3-4,7-8,11-12H,5-6,9-10H2,1-2H3,(H,16,19). The van der Waals surface area contributed by atoms with Gasteiger partial charge in [-0.15, -0.1) is 0 Å². The first-order chi connectivity index (χ1) is 9.16. The topological polar surface area (TPSA) is 35.6 Å². The highest BCUT2D eigenvalue weighted by Gasteiger charge is 2.36. The van der Waals surface area contributed by atoms with Crippen LogP contribution in [0.4, 0.5) is 16.2 Å². The lowest BCUT2D eigenvalue weighted by Gasteiger charge is -2.40. The van der Waals surface area contributed by atoms with Crippen molar-refractivity contribution in [1.29, 1.82) is 0 Å². The Morgan fingerprint density at radius 1 is 1.32 bits per heavy atom. The van der Waals surface area contributed by atoms with E-state index < -0.39 is 0 Å². The van der Waals surface area contributed by atoms with Gasteiger partial charge in [0, 0.05) is 25.2 Å². The molecule has 3 rings (SSSR count). The number of carbonyl (C=O) groups excluding carboxylic acids is 1. The van der Waals surface area contributed by atoms with Gasteiger partial charge in [-0.2, -0.15) is 0 Å². The Bertz CT molecular complexity index is 486. The molecule has 1 saturated heterocycles. The van der Waals surface area contributed by atoms with Crippen molar-refractivity contribution >= 4 is 17.4 Å². The van der Waals surface area contributed by atoms with Crippen molar-refractivity contribution < 1.29 is 4.79 Å². The van der Waals surface area contributed by atoms with Crippen molar-refractivity contribution in [2.75, 3.05) is 22.9 Å². The molecule has 2 aliphatic rings. The van der Waals surface area contributed by atoms with Crippen molar-refractivity contribution in [2.24, 2.45) is 0 Å². The molecule has 1 fully saturated rings. The number of para-hydroxylation sites is 2. The fraction of sp³-hybridized carbons (Fsp3) is 0.533. The number of nitrogens with zero attached hydrogens (tertiary/aromatic N) is 2. The molecule has 2 heterocycles. The maximum Gasteiger partial charge on any atom is 0.322 e. The number of fused-ring (bicyclic) bond motifs is 3. The Kier molecular flexibility index (Phi) is 3.09. The minimum atomic E-state index is 0.0222. The van der Waals surface area contributed by atoms with Gasteiger partial charge in [0.25, 0.3) is 0 Å². The van der Waals surface area contributed by atoms with E-state index in [1.165, 1.54) is 18.5 Å². The van der Waals surface area contributed by atoms with E-state index in [0.717, 1.165) is 18.8 Å². The molecule has 0 bridgehead atoms. The van der Waals surface area contributed by atoms with Gasteiger partial charge in [-0.3, -0.25) is 4.90 Å². The van der Waals surface area contributed by atoms with Crippen LogP contribution in [0.5, 0.6) is 0 Å². The van der Waals surface area contributed by atoms with Gasteiger partial charge in [0.2, 0.25) is 0 Å². The van der Waals surface area contributed by atoms with Gasteiger partial charge in [-0.1, -0.05) is 12.1 Å². The molecule has 102 valence electrons. The van der Waals surface area contributed by atoms with Gasteiger partial charge in [-0.25, -0.2) is 4.79 Å². The molecule has 4 heteroatoms. The summed E-state index contributed by atoms with van der Waals surface area (Å²) in [4.78, 5) is 16.7. The second kappa shape index (κ2) is 4.76. The summed E-state index contributed by atoms with van der Waals surface area (Å²) in [6.45, 7) is 5.90. The summed E-state index contributed by atoms with van der Waals surface area (Å²) >= 11 is 0. The minimum absolute atomic E-state index is 0.0222. The number of carbonyl (C=O) groups is 1. The molecule has 2 amide bonds. The van der Waals surface area contributed by atoms with E-state index in [4.69, 9.17) is 0 Å². The summed E-state index contributed by atoms with van der Waals surface area (Å²) in [5.74, 6) is 0. The largest absolute Gasteiger partial charge is 0.365 e. The molecule has 0 aromatic heterocycles. The lowest BCUT2D eigenvalue weighted by atomic mass is 10.1. The summed E-state index contributed by atoms with van der Waals surface area (Å²) in [5, 5.41) is 3.00. The molecule has 1 N–H and O–H groups in total. The second-order valence-electron chi connectivity index (χ2n) is 5.69. The monoisotopic (exact) mass is 259 g/mol. The van der Waals surface area contributed by atoms with Crippen molar-refractivity contribution in [3.05, 3.63) is 24.3 Å². The predicted octanol–water partition coefficient (Wildman–Crippen LogP) is 2.59. The highest BCUT2D eigenvalue weighted by molar-refractivity contribution is 5.97. The first-order valence-electron chi connectivity index (χ1n) is 7.10. The van der Waals surface area contributed by atoms with Crippen LogP contribution in [0.1, 0.15) is 26.7 Å². The zero-order valence-electron chi connectivity index (χ0n) is 11.6. The third-order valence-corrected chi connectivity index (χ3v) is 3.91. The molecular formula is C15H21N3O. The van der Waals surface area contributed by atoms with E-state index >= 15 is 0 Å². The molecule has 0 saturated carbocycles. The van der Waals surface area contributed by atoms with Crippen LogP contribution >= 0.6 is 0 Å². The van der Waals surface area contributed by atoms with Crippen LogP contribution in [0.15, 0.2) is 24.3 Å². The summed E-state index contributed by atoms with van der Waals surface area (Å²) in [6.07, 6.45) is 2.40. The number of urea groups is 1. The van der Waals surface area contributed by atoms with Gasteiger partial charge >= 0.3 is 6.03 Å². The molecule has 4 nitrogen and oxygen atoms in total. The van der Waals surface area contributed by atoms with E-state index in [0.29, 0.717) is 6.04 Å². The van der Waals surface area contributed by atoms with Gasteiger partial charge in [0.05, 0.1) is 11.4 Å². The highest BCUT2D eigenvalue weighted by atomic mass is 16.2. The Labute approximate surface area is 114 Å². The molecule has 1 unspecified atom stereocenters. The SMILES string of the molecule is CC(C)NC(=O)N1CC2CCCN2c2ccccc21. The van der Waals surface area contributed by atoms with Crippen LogP contribution in [0, 0.1) is 0 Å². The first-order valence-corrected chi connectivity index (χ1v) is 7.10. The number of anilines is 2. The third-order valence-electron chi connectivity index (χ3n) is 3.91. The second-order valence-corrected chi connectivity index (χ2v) is 5.69. The Balaban J connectivity index is 1.94. The van der Waals surface area contributed by atoms with E-state index in [1.54, 1.807) is 0 Å². The summed E-state index contributed by atoms with van der Waals surface area (Å²) in [6, 6.07) is 8.90. The summed E-state index contributed by atoms with van der Waals surface area (Å²) in [5.41, 5.74) is 2.24. The number of amides is 2. The highest BCUT2D eigenvalue weighted by Crippen LogP contribution is 2.39. The van der Waals surface area contributed by atoms with Crippen LogP contribution in [-0.2, 0) is 0 Å². The van der Waals surface area contributed by atoms with E-state index in [1.807, 2.05) is 30.9 Å². The molecule has 1 aromatic rings. The van der Waals surface area contributed by atoms with Crippen LogP contribution in [0.2, 0.25) is 0 Å². The number of hydrogen-bond acceptors (Lipinski definition) is 2. The van der Waals surface area contributed by atoms with E-state index in [2.05, 4.69) is 22.3 Å². The maximum atomic E-state index is 12.4. The van der Waals surface area contributed by atoms with Gasteiger partial charge < -0.3 is 10.2 Å². The van der Waals surface area contributed by atoms with Crippen LogP contribution in [0.3, 0.4) is 0 Å². The molecule has 19 heavy (non-hydrogen) atoms. The third kappa shape index (κ3) is 2.15. The van der Waals surface area contributed by atoms with Crippen LogP contribution < -0.4 is 15.1 Å². The first kappa shape index (κ1) is 12.3. The Morgan fingerprint density at radius 2 is 2.05 bits per heavy atom. The van der Waals surface area contributed by atoms with E-state index in [-0.39, 0.29) is 12.1 Å². The van der Waals surface area contributed by atoms with Gasteiger partial charge in [-0.05, 0) is 38.8 Å². The quantitative estimate of drug-likeness (QED) is 0.841. The Hall–Kier alpha value is -1.71. The molecular weight excluding hydrogens is 238 g/mol. The number of nitrogens with one attached hydrogen (secondary N) is 1. The zero-order chi connectivity index (χ0) is 13.4. The molecule has 1 atom stereocenters. The summed E-state index contributed by atoms with van der Waals surface area (Å²) < 4.78 is 0. The minimum Gasteiger partial charge on any atom is -0.365 e. The molecule has 0 aliphatic carbocycles. The normalized spacial score (nSPS) is 21.3. The lowest BCUT2D eigenvalue weighted by molar-refractivity contribution is 0.243. The van der Waals surface area contributed by atoms with Crippen LogP contribution in [0.25, 0.3) is 0 Å². The molecule has 2 aliphatic heterocycles. The van der Waals surface area contributed by atoms with Gasteiger partial charge in [0.1, 0.15) is 0 Å². The maximum absolute atomic E-state index is 12.4. The number of hydrogen-bond donors (Lipinski definition) is 1. The zero-order valence-corrected chi connectivity index (χ0v) is 11.6. The van der Waals surface area contributed by atoms with E-state index in [9.17, 15) is 4.79 Å². The number of rotatable bonds is 1. The average molecular weight is 259 g/mol. The molecule has 0 radical (unpaired) electrons. The van der Waals surface area contributed by atoms with Crippen molar-refractivity contribution in [2.45, 2.75) is 38.8 Å². The lowest BCUT2D eigenvalue weighted by Crippen LogP contribution is -2.52. The summed E-state index contributed by atoms with van der Waals surface area (Å²) in [7, 11) is 0. The fourth-order valence-electron chi connectivity index (χ4n) is 3.10. The molecule has 0 spiro atoms.